The first kappa shape index (κ1) is 19.1. The number of carbonyl (C=O) groups is 1. The van der Waals surface area contributed by atoms with Crippen LogP contribution in [-0.4, -0.2) is 55.8 Å². The lowest BCUT2D eigenvalue weighted by molar-refractivity contribution is 0.0950. The summed E-state index contributed by atoms with van der Waals surface area (Å²) in [4.78, 5) is 25.6. The standard InChI is InChI=1S/C20H27N5O2/c1-4-24(3)19-13-17(22-15(2)23-19)14-21-20(26)16-5-7-18(8-6-16)25-9-11-27-12-10-25/h5-8,13H,4,9-12,14H2,1-3H3,(H,21,26). The van der Waals surface area contributed by atoms with E-state index in [2.05, 4.69) is 27.1 Å². The molecule has 3 rings (SSSR count). The lowest BCUT2D eigenvalue weighted by Crippen LogP contribution is -2.36. The molecule has 1 aliphatic heterocycles. The van der Waals surface area contributed by atoms with Gasteiger partial charge in [-0.15, -0.1) is 0 Å². The van der Waals surface area contributed by atoms with Gasteiger partial charge in [-0.3, -0.25) is 4.79 Å². The number of carbonyl (C=O) groups excluding carboxylic acids is 1. The summed E-state index contributed by atoms with van der Waals surface area (Å²) in [6, 6.07) is 9.62. The molecule has 1 amide bonds. The van der Waals surface area contributed by atoms with Gasteiger partial charge in [0.1, 0.15) is 11.6 Å². The van der Waals surface area contributed by atoms with E-state index in [0.717, 1.165) is 50.0 Å². The summed E-state index contributed by atoms with van der Waals surface area (Å²) in [6.07, 6.45) is 0. The number of nitrogens with one attached hydrogen (secondary N) is 1. The molecule has 1 saturated heterocycles. The number of ether oxygens (including phenoxy) is 1. The smallest absolute Gasteiger partial charge is 0.251 e. The molecule has 2 heterocycles. The Morgan fingerprint density at radius 1 is 1.22 bits per heavy atom. The van der Waals surface area contributed by atoms with Crippen molar-refractivity contribution in [2.24, 2.45) is 0 Å². The molecule has 0 unspecified atom stereocenters. The number of benzene rings is 1. The van der Waals surface area contributed by atoms with Gasteiger partial charge >= 0.3 is 0 Å². The van der Waals surface area contributed by atoms with Crippen molar-refractivity contribution in [1.82, 2.24) is 15.3 Å². The van der Waals surface area contributed by atoms with Crippen LogP contribution >= 0.6 is 0 Å². The monoisotopic (exact) mass is 369 g/mol. The maximum atomic E-state index is 12.5. The second-order valence-corrected chi connectivity index (χ2v) is 6.61. The molecule has 0 aliphatic carbocycles. The highest BCUT2D eigenvalue weighted by molar-refractivity contribution is 5.94. The predicted molar refractivity (Wildman–Crippen MR) is 106 cm³/mol. The number of aromatic nitrogens is 2. The Bertz CT molecular complexity index is 772. The molecule has 0 bridgehead atoms. The molecule has 0 saturated carbocycles. The number of amides is 1. The van der Waals surface area contributed by atoms with E-state index >= 15 is 0 Å². The fraction of sp³-hybridized carbons (Fsp3) is 0.450. The van der Waals surface area contributed by atoms with E-state index in [0.29, 0.717) is 17.9 Å². The van der Waals surface area contributed by atoms with Crippen molar-refractivity contribution >= 4 is 17.4 Å². The Morgan fingerprint density at radius 3 is 2.59 bits per heavy atom. The number of nitrogens with zero attached hydrogens (tertiary/aromatic N) is 4. The minimum atomic E-state index is -0.106. The van der Waals surface area contributed by atoms with Crippen molar-refractivity contribution in [2.75, 3.05) is 49.7 Å². The molecule has 0 spiro atoms. The van der Waals surface area contributed by atoms with Crippen LogP contribution in [0.25, 0.3) is 0 Å². The highest BCUT2D eigenvalue weighted by Gasteiger charge is 2.13. The Morgan fingerprint density at radius 2 is 1.93 bits per heavy atom. The van der Waals surface area contributed by atoms with Crippen LogP contribution in [0.5, 0.6) is 0 Å². The lowest BCUT2D eigenvalue weighted by atomic mass is 10.1. The number of aryl methyl sites for hydroxylation is 1. The van der Waals surface area contributed by atoms with E-state index < -0.39 is 0 Å². The SMILES string of the molecule is CCN(C)c1cc(CNC(=O)c2ccc(N3CCOCC3)cc2)nc(C)n1. The Hall–Kier alpha value is -2.67. The fourth-order valence-electron chi connectivity index (χ4n) is 2.98. The van der Waals surface area contributed by atoms with Crippen molar-refractivity contribution in [3.05, 3.63) is 47.4 Å². The summed E-state index contributed by atoms with van der Waals surface area (Å²) in [5.41, 5.74) is 2.56. The fourth-order valence-corrected chi connectivity index (χ4v) is 2.98. The average Bonchev–Trinajstić information content (AvgIpc) is 2.71. The van der Waals surface area contributed by atoms with Crippen LogP contribution in [0.4, 0.5) is 11.5 Å². The number of morpholine rings is 1. The predicted octanol–water partition coefficient (Wildman–Crippen LogP) is 2.01. The third kappa shape index (κ3) is 4.95. The molecule has 7 nitrogen and oxygen atoms in total. The van der Waals surface area contributed by atoms with Crippen LogP contribution < -0.4 is 15.1 Å². The summed E-state index contributed by atoms with van der Waals surface area (Å²) in [5, 5.41) is 2.94. The van der Waals surface area contributed by atoms with Gasteiger partial charge in [-0.25, -0.2) is 9.97 Å². The topological polar surface area (TPSA) is 70.6 Å². The zero-order valence-electron chi connectivity index (χ0n) is 16.2. The normalized spacial score (nSPS) is 14.1. The average molecular weight is 369 g/mol. The number of rotatable bonds is 6. The van der Waals surface area contributed by atoms with E-state index in [1.54, 1.807) is 0 Å². The Kier molecular flexibility index (Phi) is 6.24. The highest BCUT2D eigenvalue weighted by Crippen LogP contribution is 2.17. The summed E-state index contributed by atoms with van der Waals surface area (Å²) in [6.45, 7) is 8.42. The van der Waals surface area contributed by atoms with Crippen LogP contribution in [0.15, 0.2) is 30.3 Å². The maximum absolute atomic E-state index is 12.5. The molecule has 0 radical (unpaired) electrons. The third-order valence-electron chi connectivity index (χ3n) is 4.68. The van der Waals surface area contributed by atoms with Gasteiger partial charge in [0.05, 0.1) is 25.5 Å². The first-order valence-electron chi connectivity index (χ1n) is 9.33. The van der Waals surface area contributed by atoms with Crippen molar-refractivity contribution in [3.8, 4) is 0 Å². The first-order chi connectivity index (χ1) is 13.1. The van der Waals surface area contributed by atoms with E-state index in [4.69, 9.17) is 4.74 Å². The van der Waals surface area contributed by atoms with E-state index in [9.17, 15) is 4.79 Å². The van der Waals surface area contributed by atoms with Gasteiger partial charge in [-0.2, -0.15) is 0 Å². The van der Waals surface area contributed by atoms with Gasteiger partial charge in [0, 0.05) is 44.0 Å². The van der Waals surface area contributed by atoms with Gasteiger partial charge in [0.25, 0.3) is 5.91 Å². The van der Waals surface area contributed by atoms with Crippen molar-refractivity contribution < 1.29 is 9.53 Å². The van der Waals surface area contributed by atoms with Crippen LogP contribution in [0.3, 0.4) is 0 Å². The van der Waals surface area contributed by atoms with Gasteiger partial charge in [-0.1, -0.05) is 0 Å². The van der Waals surface area contributed by atoms with Gasteiger partial charge in [0.2, 0.25) is 0 Å². The molecule has 27 heavy (non-hydrogen) atoms. The van der Waals surface area contributed by atoms with Crippen molar-refractivity contribution in [2.45, 2.75) is 20.4 Å². The summed E-state index contributed by atoms with van der Waals surface area (Å²) < 4.78 is 5.38. The molecule has 2 aromatic rings. The van der Waals surface area contributed by atoms with Crippen LogP contribution in [-0.2, 0) is 11.3 Å². The van der Waals surface area contributed by atoms with E-state index in [-0.39, 0.29) is 5.91 Å². The molecular formula is C20H27N5O2. The number of hydrogen-bond acceptors (Lipinski definition) is 6. The summed E-state index contributed by atoms with van der Waals surface area (Å²) in [5.74, 6) is 1.46. The van der Waals surface area contributed by atoms with Crippen molar-refractivity contribution in [1.29, 1.82) is 0 Å². The molecule has 1 fully saturated rings. The summed E-state index contributed by atoms with van der Waals surface area (Å²) in [7, 11) is 1.99. The molecule has 1 aromatic heterocycles. The van der Waals surface area contributed by atoms with Crippen LogP contribution in [0.2, 0.25) is 0 Å². The zero-order valence-corrected chi connectivity index (χ0v) is 16.2. The minimum Gasteiger partial charge on any atom is -0.378 e. The van der Waals surface area contributed by atoms with Gasteiger partial charge < -0.3 is 19.9 Å². The Labute approximate surface area is 160 Å². The molecule has 144 valence electrons. The van der Waals surface area contributed by atoms with Crippen LogP contribution in [0.1, 0.15) is 28.8 Å². The maximum Gasteiger partial charge on any atom is 0.251 e. The minimum absolute atomic E-state index is 0.106. The summed E-state index contributed by atoms with van der Waals surface area (Å²) >= 11 is 0. The second-order valence-electron chi connectivity index (χ2n) is 6.61. The molecule has 1 N–H and O–H groups in total. The molecular weight excluding hydrogens is 342 g/mol. The van der Waals surface area contributed by atoms with Crippen molar-refractivity contribution in [3.63, 3.8) is 0 Å². The quantitative estimate of drug-likeness (QED) is 0.840. The zero-order chi connectivity index (χ0) is 19.2. The number of anilines is 2. The van der Waals surface area contributed by atoms with Gasteiger partial charge in [0.15, 0.2) is 0 Å². The molecule has 1 aliphatic rings. The Balaban J connectivity index is 1.61. The third-order valence-corrected chi connectivity index (χ3v) is 4.68. The first-order valence-corrected chi connectivity index (χ1v) is 9.33. The van der Waals surface area contributed by atoms with Crippen LogP contribution in [0, 0.1) is 6.92 Å². The van der Waals surface area contributed by atoms with E-state index in [1.165, 1.54) is 0 Å². The lowest BCUT2D eigenvalue weighted by Gasteiger charge is -2.28. The highest BCUT2D eigenvalue weighted by atomic mass is 16.5. The largest absolute Gasteiger partial charge is 0.378 e. The van der Waals surface area contributed by atoms with Gasteiger partial charge in [-0.05, 0) is 38.1 Å². The molecule has 1 aromatic carbocycles. The number of hydrogen-bond donors (Lipinski definition) is 1. The second kappa shape index (κ2) is 8.81. The molecule has 0 atom stereocenters. The van der Waals surface area contributed by atoms with E-state index in [1.807, 2.05) is 49.2 Å². The molecule has 7 heteroatoms.